The number of hydrogen-bond acceptors (Lipinski definition) is 5. The van der Waals surface area contributed by atoms with Crippen LogP contribution in [0, 0.1) is 0 Å². The Bertz CT molecular complexity index is 1050. The first-order chi connectivity index (χ1) is 11.6. The highest BCUT2D eigenvalue weighted by Gasteiger charge is 2.15. The molecule has 0 saturated carbocycles. The molecule has 0 aliphatic heterocycles. The number of benzene rings is 2. The average molecular weight is 317 g/mol. The van der Waals surface area contributed by atoms with E-state index in [1.54, 1.807) is 18.5 Å². The van der Waals surface area contributed by atoms with Crippen LogP contribution in [0.4, 0.5) is 5.69 Å². The van der Waals surface area contributed by atoms with Gasteiger partial charge in [-0.3, -0.25) is 9.36 Å². The predicted molar refractivity (Wildman–Crippen MR) is 93.3 cm³/mol. The molecule has 0 spiro atoms. The summed E-state index contributed by atoms with van der Waals surface area (Å²) in [5, 5.41) is 0. The minimum Gasteiger partial charge on any atom is -0.376 e. The molecule has 0 unspecified atom stereocenters. The third-order valence-corrected chi connectivity index (χ3v) is 3.92. The van der Waals surface area contributed by atoms with Gasteiger partial charge in [0.1, 0.15) is 17.4 Å². The van der Waals surface area contributed by atoms with E-state index in [4.69, 9.17) is 4.98 Å². The summed E-state index contributed by atoms with van der Waals surface area (Å²) in [6, 6.07) is 11.3. The van der Waals surface area contributed by atoms with E-state index in [1.165, 1.54) is 10.9 Å². The molecule has 0 radical (unpaired) electrons. The molecular weight excluding hydrogens is 302 g/mol. The van der Waals surface area contributed by atoms with E-state index in [-0.39, 0.29) is 5.91 Å². The van der Waals surface area contributed by atoms with Crippen LogP contribution < -0.4 is 4.90 Å². The van der Waals surface area contributed by atoms with Crippen LogP contribution in [0.15, 0.2) is 55.1 Å². The van der Waals surface area contributed by atoms with E-state index >= 15 is 0 Å². The molecule has 2 aromatic carbocycles. The van der Waals surface area contributed by atoms with Crippen LogP contribution in [0.1, 0.15) is 10.4 Å². The lowest BCUT2D eigenvalue weighted by molar-refractivity contribution is 0.0961. The Labute approximate surface area is 138 Å². The molecule has 0 N–H and O–H groups in total. The molecule has 6 nitrogen and oxygen atoms in total. The van der Waals surface area contributed by atoms with Crippen LogP contribution in [0.3, 0.4) is 0 Å². The second-order valence-corrected chi connectivity index (χ2v) is 5.71. The highest BCUT2D eigenvalue weighted by atomic mass is 16.2. The minimum absolute atomic E-state index is 0.172. The number of nitrogens with zero attached hydrogens (tertiary/aromatic N) is 5. The highest BCUT2D eigenvalue weighted by molar-refractivity contribution is 6.07. The van der Waals surface area contributed by atoms with Crippen molar-refractivity contribution in [3.05, 3.63) is 60.7 Å². The first-order valence-corrected chi connectivity index (χ1v) is 7.54. The average Bonchev–Trinajstić information content (AvgIpc) is 3.12. The molecule has 0 atom stereocenters. The summed E-state index contributed by atoms with van der Waals surface area (Å²) >= 11 is 0. The number of carbonyl (C=O) groups is 1. The maximum absolute atomic E-state index is 12.7. The van der Waals surface area contributed by atoms with E-state index in [2.05, 4.69) is 9.97 Å². The molecule has 4 rings (SSSR count). The number of anilines is 1. The van der Waals surface area contributed by atoms with Crippen molar-refractivity contribution in [2.45, 2.75) is 0 Å². The first-order valence-electron chi connectivity index (χ1n) is 7.54. The number of hydrogen-bond donors (Lipinski definition) is 0. The monoisotopic (exact) mass is 317 g/mol. The molecule has 0 bridgehead atoms. The van der Waals surface area contributed by atoms with Crippen molar-refractivity contribution in [3.63, 3.8) is 0 Å². The maximum atomic E-state index is 12.7. The van der Waals surface area contributed by atoms with Gasteiger partial charge in [-0.2, -0.15) is 0 Å². The van der Waals surface area contributed by atoms with Gasteiger partial charge in [0.05, 0.1) is 22.3 Å². The van der Waals surface area contributed by atoms with Gasteiger partial charge in [0.25, 0.3) is 5.91 Å². The van der Waals surface area contributed by atoms with Crippen LogP contribution in [0.2, 0.25) is 0 Å². The number of carbonyl (C=O) groups excluding carboxylic acids is 1. The summed E-state index contributed by atoms with van der Waals surface area (Å²) in [6.45, 7) is 0. The molecule has 6 heteroatoms. The Morgan fingerprint density at radius 3 is 2.46 bits per heavy atom. The second kappa shape index (κ2) is 5.42. The summed E-state index contributed by atoms with van der Waals surface area (Å²) in [4.78, 5) is 28.1. The summed E-state index contributed by atoms with van der Waals surface area (Å²) in [5.41, 5.74) is 4.35. The molecule has 118 valence electrons. The molecule has 0 saturated heterocycles. The van der Waals surface area contributed by atoms with E-state index in [0.717, 1.165) is 16.7 Å². The summed E-state index contributed by atoms with van der Waals surface area (Å²) in [6.07, 6.45) is 4.69. The largest absolute Gasteiger partial charge is 0.376 e. The summed E-state index contributed by atoms with van der Waals surface area (Å²) in [5.74, 6) is -0.172. The number of aromatic nitrogens is 4. The third-order valence-electron chi connectivity index (χ3n) is 3.92. The first kappa shape index (κ1) is 14.3. The van der Waals surface area contributed by atoms with Crippen LogP contribution in [-0.4, -0.2) is 39.5 Å². The predicted octanol–water partition coefficient (Wildman–Crippen LogP) is 2.73. The van der Waals surface area contributed by atoms with Crippen molar-refractivity contribution in [3.8, 4) is 0 Å². The van der Waals surface area contributed by atoms with Crippen LogP contribution in [0.25, 0.3) is 22.1 Å². The standard InChI is InChI=1S/C18H15N5O/c1-22(2)15-8-4-7-14-17(15)21-16-12(5-3-6-13(16)20-14)18(24)23-10-9-19-11-23/h3-11H,1-2H3. The Morgan fingerprint density at radius 2 is 1.75 bits per heavy atom. The van der Waals surface area contributed by atoms with Gasteiger partial charge in [-0.15, -0.1) is 0 Å². The van der Waals surface area contributed by atoms with Crippen LogP contribution in [0.5, 0.6) is 0 Å². The molecule has 4 aromatic rings. The van der Waals surface area contributed by atoms with Crippen molar-refractivity contribution in [2.75, 3.05) is 19.0 Å². The molecule has 24 heavy (non-hydrogen) atoms. The zero-order valence-corrected chi connectivity index (χ0v) is 13.3. The summed E-state index contributed by atoms with van der Waals surface area (Å²) in [7, 11) is 3.92. The van der Waals surface area contributed by atoms with Crippen molar-refractivity contribution >= 4 is 33.7 Å². The van der Waals surface area contributed by atoms with Crippen LogP contribution in [-0.2, 0) is 0 Å². The molecular formula is C18H15N5O. The maximum Gasteiger partial charge on any atom is 0.265 e. The molecule has 0 fully saturated rings. The van der Waals surface area contributed by atoms with E-state index in [1.807, 2.05) is 49.3 Å². The SMILES string of the molecule is CN(C)c1cccc2nc3cccc(C(=O)n4ccnc4)c3nc12. The zero-order chi connectivity index (χ0) is 16.7. The molecule has 0 amide bonds. The van der Waals surface area contributed by atoms with Crippen molar-refractivity contribution in [1.82, 2.24) is 19.5 Å². The van der Waals surface area contributed by atoms with Crippen molar-refractivity contribution < 1.29 is 4.79 Å². The zero-order valence-electron chi connectivity index (χ0n) is 13.3. The quantitative estimate of drug-likeness (QED) is 0.532. The fourth-order valence-corrected chi connectivity index (χ4v) is 2.76. The van der Waals surface area contributed by atoms with Gasteiger partial charge < -0.3 is 4.90 Å². The molecule has 2 heterocycles. The highest BCUT2D eigenvalue weighted by Crippen LogP contribution is 2.26. The normalized spacial score (nSPS) is 11.1. The smallest absolute Gasteiger partial charge is 0.265 e. The lowest BCUT2D eigenvalue weighted by Crippen LogP contribution is -2.12. The lowest BCUT2D eigenvalue weighted by atomic mass is 10.1. The summed E-state index contributed by atoms with van der Waals surface area (Å²) < 4.78 is 1.44. The third kappa shape index (κ3) is 2.20. The van der Waals surface area contributed by atoms with Crippen molar-refractivity contribution in [1.29, 1.82) is 0 Å². The van der Waals surface area contributed by atoms with Gasteiger partial charge in [-0.25, -0.2) is 15.0 Å². The second-order valence-electron chi connectivity index (χ2n) is 5.71. The van der Waals surface area contributed by atoms with E-state index in [9.17, 15) is 4.79 Å². The Hall–Kier alpha value is -3.28. The number of fused-ring (bicyclic) bond motifs is 2. The number of imidazole rings is 1. The van der Waals surface area contributed by atoms with Crippen molar-refractivity contribution in [2.24, 2.45) is 0 Å². The van der Waals surface area contributed by atoms with Gasteiger partial charge in [-0.05, 0) is 24.3 Å². The van der Waals surface area contributed by atoms with E-state index < -0.39 is 0 Å². The van der Waals surface area contributed by atoms with E-state index in [0.29, 0.717) is 16.6 Å². The molecule has 2 aromatic heterocycles. The topological polar surface area (TPSA) is 63.9 Å². The fourth-order valence-electron chi connectivity index (χ4n) is 2.76. The molecule has 0 aliphatic carbocycles. The van der Waals surface area contributed by atoms with Crippen LogP contribution >= 0.6 is 0 Å². The Kier molecular flexibility index (Phi) is 3.23. The Morgan fingerprint density at radius 1 is 1.00 bits per heavy atom. The Balaban J connectivity index is 2.02. The number of para-hydroxylation sites is 2. The molecule has 0 aliphatic rings. The van der Waals surface area contributed by atoms with Gasteiger partial charge in [0.15, 0.2) is 0 Å². The van der Waals surface area contributed by atoms with Gasteiger partial charge in [0.2, 0.25) is 0 Å². The van der Waals surface area contributed by atoms with Gasteiger partial charge in [-0.1, -0.05) is 12.1 Å². The minimum atomic E-state index is -0.172. The van der Waals surface area contributed by atoms with Gasteiger partial charge >= 0.3 is 0 Å². The number of rotatable bonds is 2. The fraction of sp³-hybridized carbons (Fsp3) is 0.111. The lowest BCUT2D eigenvalue weighted by Gasteiger charge is -2.15. The van der Waals surface area contributed by atoms with Gasteiger partial charge in [0, 0.05) is 26.5 Å².